The van der Waals surface area contributed by atoms with Crippen LogP contribution in [0.2, 0.25) is 0 Å². The van der Waals surface area contributed by atoms with E-state index in [1.54, 1.807) is 0 Å². The monoisotopic (exact) mass is 183 g/mol. The second-order valence-electron chi connectivity index (χ2n) is 1.92. The molecule has 1 amide bonds. The smallest absolute Gasteiger partial charge is 0.421 e. The molecule has 1 N–H and O–H groups in total. The normalized spacial score (nSPS) is 30.8. The lowest BCUT2D eigenvalue weighted by Crippen LogP contribution is -2.37. The standard InChI is InChI=1S/C4H6FNO4S/c5-1-3-2-10-11(9)6(3)4(7)8/h3H,1-2H2,(H,7,8)/t3-,11?/m0/s1. The highest BCUT2D eigenvalue weighted by Crippen LogP contribution is 2.14. The van der Waals surface area contributed by atoms with Crippen LogP contribution in [-0.4, -0.2) is 39.0 Å². The molecular formula is C4H6FNO4S. The fourth-order valence-electron chi connectivity index (χ4n) is 0.710. The maximum atomic E-state index is 12.0. The zero-order valence-corrected chi connectivity index (χ0v) is 6.21. The van der Waals surface area contributed by atoms with Gasteiger partial charge in [-0.25, -0.2) is 13.4 Å². The lowest BCUT2D eigenvalue weighted by Gasteiger charge is -2.12. The lowest BCUT2D eigenvalue weighted by atomic mass is 10.3. The first kappa shape index (κ1) is 8.41. The zero-order valence-electron chi connectivity index (χ0n) is 5.40. The van der Waals surface area contributed by atoms with Gasteiger partial charge in [-0.2, -0.15) is 4.31 Å². The van der Waals surface area contributed by atoms with Gasteiger partial charge in [0.1, 0.15) is 12.7 Å². The van der Waals surface area contributed by atoms with E-state index in [2.05, 4.69) is 4.18 Å². The van der Waals surface area contributed by atoms with Gasteiger partial charge in [0.2, 0.25) is 0 Å². The first-order valence-electron chi connectivity index (χ1n) is 2.80. The number of alkyl halides is 1. The Labute approximate surface area is 64.5 Å². The van der Waals surface area contributed by atoms with Crippen LogP contribution in [0.4, 0.5) is 9.18 Å². The fourth-order valence-corrected chi connectivity index (χ4v) is 1.59. The first-order chi connectivity index (χ1) is 5.16. The summed E-state index contributed by atoms with van der Waals surface area (Å²) in [6, 6.07) is -0.923. The first-order valence-corrected chi connectivity index (χ1v) is 3.83. The van der Waals surface area contributed by atoms with Gasteiger partial charge in [0.05, 0.1) is 6.61 Å². The maximum Gasteiger partial charge on any atom is 0.421 e. The SMILES string of the molecule is O=C(O)N1[C@@H](CF)COS1=O. The van der Waals surface area contributed by atoms with Crippen molar-refractivity contribution < 1.29 is 22.7 Å². The quantitative estimate of drug-likeness (QED) is 0.617. The van der Waals surface area contributed by atoms with Crippen molar-refractivity contribution in [1.82, 2.24) is 4.31 Å². The molecule has 64 valence electrons. The third-order valence-electron chi connectivity index (χ3n) is 1.22. The van der Waals surface area contributed by atoms with Crippen LogP contribution < -0.4 is 0 Å². The van der Waals surface area contributed by atoms with Crippen LogP contribution in [-0.2, 0) is 15.4 Å². The predicted molar refractivity (Wildman–Crippen MR) is 33.7 cm³/mol. The molecule has 0 aromatic carbocycles. The Bertz CT molecular complexity index is 199. The summed E-state index contributed by atoms with van der Waals surface area (Å²) in [6.07, 6.45) is -1.43. The number of rotatable bonds is 1. The molecule has 1 aliphatic heterocycles. The molecule has 2 atom stereocenters. The van der Waals surface area contributed by atoms with E-state index in [9.17, 15) is 13.4 Å². The van der Waals surface area contributed by atoms with Gasteiger partial charge in [0.15, 0.2) is 0 Å². The average Bonchev–Trinajstić information content (AvgIpc) is 2.30. The van der Waals surface area contributed by atoms with E-state index in [-0.39, 0.29) is 6.61 Å². The zero-order chi connectivity index (χ0) is 8.43. The Morgan fingerprint density at radius 2 is 2.55 bits per heavy atom. The Kier molecular flexibility index (Phi) is 2.40. The van der Waals surface area contributed by atoms with Crippen LogP contribution in [0.3, 0.4) is 0 Å². The molecule has 0 spiro atoms. The molecular weight excluding hydrogens is 177 g/mol. The van der Waals surface area contributed by atoms with E-state index in [1.165, 1.54) is 0 Å². The van der Waals surface area contributed by atoms with Crippen molar-refractivity contribution in [1.29, 1.82) is 0 Å². The number of hydrogen-bond acceptors (Lipinski definition) is 3. The number of nitrogens with zero attached hydrogens (tertiary/aromatic N) is 1. The van der Waals surface area contributed by atoms with Crippen molar-refractivity contribution in [3.05, 3.63) is 0 Å². The number of amides is 1. The van der Waals surface area contributed by atoms with Crippen molar-refractivity contribution in [2.45, 2.75) is 6.04 Å². The molecule has 5 nitrogen and oxygen atoms in total. The van der Waals surface area contributed by atoms with Gasteiger partial charge in [0.25, 0.3) is 11.3 Å². The maximum absolute atomic E-state index is 12.0. The third kappa shape index (κ3) is 1.48. The van der Waals surface area contributed by atoms with Crippen LogP contribution in [0, 0.1) is 0 Å². The molecule has 7 heteroatoms. The largest absolute Gasteiger partial charge is 0.464 e. The molecule has 1 unspecified atom stereocenters. The summed E-state index contributed by atoms with van der Waals surface area (Å²) in [5.74, 6) is 0. The molecule has 1 fully saturated rings. The molecule has 0 aliphatic carbocycles. The van der Waals surface area contributed by atoms with E-state index in [0.717, 1.165) is 0 Å². The van der Waals surface area contributed by atoms with Gasteiger partial charge in [-0.15, -0.1) is 0 Å². The highest BCUT2D eigenvalue weighted by atomic mass is 32.2. The van der Waals surface area contributed by atoms with Crippen molar-refractivity contribution in [3.63, 3.8) is 0 Å². The van der Waals surface area contributed by atoms with Gasteiger partial charge in [-0.3, -0.25) is 4.18 Å². The van der Waals surface area contributed by atoms with Crippen LogP contribution >= 0.6 is 0 Å². The minimum Gasteiger partial charge on any atom is -0.464 e. The third-order valence-corrected chi connectivity index (χ3v) is 2.33. The van der Waals surface area contributed by atoms with E-state index in [4.69, 9.17) is 5.11 Å². The summed E-state index contributed by atoms with van der Waals surface area (Å²) in [5.41, 5.74) is 0. The molecule has 11 heavy (non-hydrogen) atoms. The molecule has 1 rings (SSSR count). The van der Waals surface area contributed by atoms with Crippen molar-refractivity contribution in [2.75, 3.05) is 13.3 Å². The minimum atomic E-state index is -2.03. The summed E-state index contributed by atoms with van der Waals surface area (Å²) in [7, 11) is 0. The van der Waals surface area contributed by atoms with Crippen LogP contribution in [0.5, 0.6) is 0 Å². The van der Waals surface area contributed by atoms with E-state index in [1.807, 2.05) is 0 Å². The molecule has 0 saturated carbocycles. The van der Waals surface area contributed by atoms with Gasteiger partial charge in [0, 0.05) is 0 Å². The second-order valence-corrected chi connectivity index (χ2v) is 2.98. The van der Waals surface area contributed by atoms with Gasteiger partial charge < -0.3 is 5.11 Å². The van der Waals surface area contributed by atoms with E-state index in [0.29, 0.717) is 4.31 Å². The lowest BCUT2D eigenvalue weighted by molar-refractivity contribution is 0.159. The number of carboxylic acid groups (broad SMARTS) is 1. The summed E-state index contributed by atoms with van der Waals surface area (Å²) >= 11 is -2.03. The molecule has 1 aliphatic rings. The molecule has 0 radical (unpaired) electrons. The van der Waals surface area contributed by atoms with Crippen molar-refractivity contribution in [3.8, 4) is 0 Å². The summed E-state index contributed by atoms with van der Waals surface area (Å²) in [5, 5.41) is 8.37. The Morgan fingerprint density at radius 3 is 2.91 bits per heavy atom. The molecule has 1 heterocycles. The second kappa shape index (κ2) is 3.14. The number of hydrogen-bond donors (Lipinski definition) is 1. The summed E-state index contributed by atoms with van der Waals surface area (Å²) < 4.78 is 27.5. The van der Waals surface area contributed by atoms with Gasteiger partial charge in [-0.1, -0.05) is 0 Å². The Hall–Kier alpha value is -0.690. The van der Waals surface area contributed by atoms with Gasteiger partial charge >= 0.3 is 6.09 Å². The average molecular weight is 183 g/mol. The fraction of sp³-hybridized carbons (Fsp3) is 0.750. The highest BCUT2D eigenvalue weighted by molar-refractivity contribution is 7.78. The topological polar surface area (TPSA) is 66.8 Å². The number of halogens is 1. The Balaban J connectivity index is 2.71. The predicted octanol–water partition coefficient (Wildman–Crippen LogP) is -0.0866. The molecule has 0 bridgehead atoms. The van der Waals surface area contributed by atoms with Crippen LogP contribution in [0.15, 0.2) is 0 Å². The summed E-state index contributed by atoms with van der Waals surface area (Å²) in [6.45, 7) is -1.02. The van der Waals surface area contributed by atoms with Crippen molar-refractivity contribution in [2.24, 2.45) is 0 Å². The van der Waals surface area contributed by atoms with E-state index >= 15 is 0 Å². The molecule has 1 saturated heterocycles. The van der Waals surface area contributed by atoms with Crippen LogP contribution in [0.1, 0.15) is 0 Å². The van der Waals surface area contributed by atoms with Crippen molar-refractivity contribution >= 4 is 17.4 Å². The minimum absolute atomic E-state index is 0.143. The highest BCUT2D eigenvalue weighted by Gasteiger charge is 2.36. The van der Waals surface area contributed by atoms with E-state index < -0.39 is 30.1 Å². The summed E-state index contributed by atoms with van der Waals surface area (Å²) in [4.78, 5) is 10.3. The van der Waals surface area contributed by atoms with Gasteiger partial charge in [-0.05, 0) is 0 Å². The van der Waals surface area contributed by atoms with Crippen LogP contribution in [0.25, 0.3) is 0 Å². The molecule has 0 aromatic heterocycles. The molecule has 0 aromatic rings. The Morgan fingerprint density at radius 1 is 1.91 bits per heavy atom. The number of carbonyl (C=O) groups is 1.